The molecule has 0 bridgehead atoms. The lowest BCUT2D eigenvalue weighted by Crippen LogP contribution is -2.37. The highest BCUT2D eigenvalue weighted by Gasteiger charge is 2.17. The Morgan fingerprint density at radius 1 is 1.47 bits per heavy atom. The number of carbonyl (C=O) groups excluding carboxylic acids is 1. The zero-order valence-electron chi connectivity index (χ0n) is 9.64. The number of alkyl halides is 1. The predicted octanol–water partition coefficient (Wildman–Crippen LogP) is 3.47. The number of hydrogen-bond acceptors (Lipinski definition) is 1. The first-order valence-corrected chi connectivity index (χ1v) is 6.18. The second-order valence-electron chi connectivity index (χ2n) is 4.02. The van der Waals surface area contributed by atoms with Crippen molar-refractivity contribution in [1.29, 1.82) is 0 Å². The molecule has 2 nitrogen and oxygen atoms in total. The van der Waals surface area contributed by atoms with Gasteiger partial charge in [0.05, 0.1) is 10.6 Å². The number of hydrogen-bond donors (Lipinski definition) is 1. The molecule has 1 N–H and O–H groups in total. The van der Waals surface area contributed by atoms with E-state index in [9.17, 15) is 9.18 Å². The Hall–Kier alpha value is -0.800. The van der Waals surface area contributed by atoms with Gasteiger partial charge in [-0.1, -0.05) is 18.5 Å². The molecule has 2 unspecified atom stereocenters. The normalized spacial score (nSPS) is 14.2. The van der Waals surface area contributed by atoms with Crippen molar-refractivity contribution in [2.45, 2.75) is 19.9 Å². The quantitative estimate of drug-likeness (QED) is 0.839. The molecule has 2 atom stereocenters. The molecule has 0 saturated carbocycles. The lowest BCUT2D eigenvalue weighted by molar-refractivity contribution is 0.0931. The third-order valence-corrected chi connectivity index (χ3v) is 3.43. The Kier molecular flexibility index (Phi) is 5.22. The van der Waals surface area contributed by atoms with Crippen LogP contribution >= 0.6 is 23.2 Å². The standard InChI is InChI=1S/C12H14Cl2FNO/c1-7(6-13)8(2)16-12(17)10-4-3-9(15)5-11(10)14/h3-5,7-8H,6H2,1-2H3,(H,16,17). The Morgan fingerprint density at radius 2 is 2.12 bits per heavy atom. The maximum atomic E-state index is 12.8. The van der Waals surface area contributed by atoms with Gasteiger partial charge >= 0.3 is 0 Å². The minimum Gasteiger partial charge on any atom is -0.349 e. The molecule has 0 aromatic heterocycles. The van der Waals surface area contributed by atoms with Crippen LogP contribution in [0.15, 0.2) is 18.2 Å². The Morgan fingerprint density at radius 3 is 2.65 bits per heavy atom. The summed E-state index contributed by atoms with van der Waals surface area (Å²) in [5.74, 6) is -0.175. The fourth-order valence-electron chi connectivity index (χ4n) is 1.23. The average molecular weight is 278 g/mol. The van der Waals surface area contributed by atoms with Crippen molar-refractivity contribution < 1.29 is 9.18 Å². The summed E-state index contributed by atoms with van der Waals surface area (Å²) in [5.41, 5.74) is 0.265. The molecule has 1 aromatic carbocycles. The monoisotopic (exact) mass is 277 g/mol. The van der Waals surface area contributed by atoms with Crippen LogP contribution in [0.5, 0.6) is 0 Å². The van der Waals surface area contributed by atoms with Crippen molar-refractivity contribution in [2.24, 2.45) is 5.92 Å². The summed E-state index contributed by atoms with van der Waals surface area (Å²) in [4.78, 5) is 11.8. The van der Waals surface area contributed by atoms with Gasteiger partial charge in [0.15, 0.2) is 0 Å². The van der Waals surface area contributed by atoms with E-state index in [1.54, 1.807) is 0 Å². The second-order valence-corrected chi connectivity index (χ2v) is 4.73. The van der Waals surface area contributed by atoms with Gasteiger partial charge in [0.2, 0.25) is 0 Å². The minimum absolute atomic E-state index is 0.0684. The zero-order valence-corrected chi connectivity index (χ0v) is 11.1. The van der Waals surface area contributed by atoms with Gasteiger partial charge in [-0.3, -0.25) is 4.79 Å². The van der Waals surface area contributed by atoms with E-state index in [2.05, 4.69) is 5.32 Å². The lowest BCUT2D eigenvalue weighted by Gasteiger charge is -2.19. The van der Waals surface area contributed by atoms with Gasteiger partial charge in [-0.2, -0.15) is 0 Å². The molecule has 5 heteroatoms. The van der Waals surface area contributed by atoms with Crippen molar-refractivity contribution >= 4 is 29.1 Å². The van der Waals surface area contributed by atoms with E-state index in [1.165, 1.54) is 12.1 Å². The molecule has 0 aliphatic heterocycles. The van der Waals surface area contributed by atoms with Crippen LogP contribution < -0.4 is 5.32 Å². The van der Waals surface area contributed by atoms with Crippen molar-refractivity contribution in [1.82, 2.24) is 5.32 Å². The molecule has 1 aromatic rings. The number of nitrogens with one attached hydrogen (secondary N) is 1. The van der Waals surface area contributed by atoms with Crippen LogP contribution in [0, 0.1) is 11.7 Å². The summed E-state index contributed by atoms with van der Waals surface area (Å²) < 4.78 is 12.8. The van der Waals surface area contributed by atoms with Gasteiger partial charge in [-0.05, 0) is 31.0 Å². The predicted molar refractivity (Wildman–Crippen MR) is 68.2 cm³/mol. The van der Waals surface area contributed by atoms with Gasteiger partial charge in [-0.15, -0.1) is 11.6 Å². The van der Waals surface area contributed by atoms with Crippen molar-refractivity contribution in [3.63, 3.8) is 0 Å². The van der Waals surface area contributed by atoms with E-state index in [1.807, 2.05) is 13.8 Å². The third kappa shape index (κ3) is 3.86. The Balaban J connectivity index is 2.76. The summed E-state index contributed by atoms with van der Waals surface area (Å²) in [5, 5.41) is 2.88. The maximum absolute atomic E-state index is 12.8. The largest absolute Gasteiger partial charge is 0.349 e. The molecular formula is C12H14Cl2FNO. The van der Waals surface area contributed by atoms with Crippen molar-refractivity contribution in [3.8, 4) is 0 Å². The number of amides is 1. The number of carbonyl (C=O) groups is 1. The summed E-state index contributed by atoms with van der Waals surface area (Å²) in [6.45, 7) is 3.80. The molecule has 0 fully saturated rings. The van der Waals surface area contributed by atoms with E-state index in [0.717, 1.165) is 6.07 Å². The van der Waals surface area contributed by atoms with E-state index in [-0.39, 0.29) is 28.5 Å². The van der Waals surface area contributed by atoms with Crippen LogP contribution in [0.2, 0.25) is 5.02 Å². The fourth-order valence-corrected chi connectivity index (χ4v) is 1.75. The van der Waals surface area contributed by atoms with E-state index in [0.29, 0.717) is 5.88 Å². The Bertz CT molecular complexity index is 411. The molecule has 0 aliphatic carbocycles. The number of rotatable bonds is 4. The van der Waals surface area contributed by atoms with Crippen molar-refractivity contribution in [2.75, 3.05) is 5.88 Å². The summed E-state index contributed by atoms with van der Waals surface area (Å²) in [7, 11) is 0. The average Bonchev–Trinajstić information content (AvgIpc) is 2.27. The van der Waals surface area contributed by atoms with Gasteiger partial charge in [0, 0.05) is 11.9 Å². The summed E-state index contributed by atoms with van der Waals surface area (Å²) >= 11 is 11.5. The highest BCUT2D eigenvalue weighted by atomic mass is 35.5. The van der Waals surface area contributed by atoms with Crippen LogP contribution in [0.1, 0.15) is 24.2 Å². The maximum Gasteiger partial charge on any atom is 0.253 e. The van der Waals surface area contributed by atoms with Crippen LogP contribution in [-0.2, 0) is 0 Å². The summed E-state index contributed by atoms with van der Waals surface area (Å²) in [6.07, 6.45) is 0. The van der Waals surface area contributed by atoms with Crippen LogP contribution in [0.4, 0.5) is 4.39 Å². The lowest BCUT2D eigenvalue weighted by atomic mass is 10.1. The van der Waals surface area contributed by atoms with Gasteiger partial charge in [0.25, 0.3) is 5.91 Å². The fraction of sp³-hybridized carbons (Fsp3) is 0.417. The molecule has 1 amide bonds. The number of halogens is 3. The highest BCUT2D eigenvalue weighted by Crippen LogP contribution is 2.17. The first-order chi connectivity index (χ1) is 7.95. The van der Waals surface area contributed by atoms with Gasteiger partial charge < -0.3 is 5.32 Å². The van der Waals surface area contributed by atoms with E-state index >= 15 is 0 Å². The molecule has 0 radical (unpaired) electrons. The number of benzene rings is 1. The molecular weight excluding hydrogens is 264 g/mol. The third-order valence-electron chi connectivity index (χ3n) is 2.63. The summed E-state index contributed by atoms with van der Waals surface area (Å²) in [6, 6.07) is 3.62. The molecule has 0 spiro atoms. The van der Waals surface area contributed by atoms with Crippen LogP contribution in [0.3, 0.4) is 0 Å². The zero-order chi connectivity index (χ0) is 13.0. The van der Waals surface area contributed by atoms with Gasteiger partial charge in [0.1, 0.15) is 5.82 Å². The minimum atomic E-state index is -0.464. The van der Waals surface area contributed by atoms with Gasteiger partial charge in [-0.25, -0.2) is 4.39 Å². The molecule has 1 rings (SSSR count). The van der Waals surface area contributed by atoms with Crippen LogP contribution in [-0.4, -0.2) is 17.8 Å². The SMILES string of the molecule is CC(CCl)C(C)NC(=O)c1ccc(F)cc1Cl. The van der Waals surface area contributed by atoms with Crippen LogP contribution in [0.25, 0.3) is 0 Å². The molecule has 17 heavy (non-hydrogen) atoms. The van der Waals surface area contributed by atoms with Crippen molar-refractivity contribution in [3.05, 3.63) is 34.6 Å². The first-order valence-electron chi connectivity index (χ1n) is 5.27. The molecule has 0 saturated heterocycles. The smallest absolute Gasteiger partial charge is 0.253 e. The van der Waals surface area contributed by atoms with E-state index in [4.69, 9.17) is 23.2 Å². The highest BCUT2D eigenvalue weighted by molar-refractivity contribution is 6.33. The van der Waals surface area contributed by atoms with E-state index < -0.39 is 5.82 Å². The molecule has 94 valence electrons. The molecule has 0 aliphatic rings. The second kappa shape index (κ2) is 6.22. The first kappa shape index (κ1) is 14.3. The Labute approximate surface area is 110 Å². The molecule has 0 heterocycles. The topological polar surface area (TPSA) is 29.1 Å².